The average molecular weight is 428 g/mol. The van der Waals surface area contributed by atoms with Crippen LogP contribution >= 0.6 is 23.1 Å². The zero-order chi connectivity index (χ0) is 20.1. The molecule has 3 aromatic rings. The van der Waals surface area contributed by atoms with Crippen LogP contribution < -0.4 is 10.9 Å². The SMILES string of the molecule is O=C(CCSCc1nc2sc3c(c2c(=O)[nH]1)CCC3)NCCCc1ccccc1. The van der Waals surface area contributed by atoms with Gasteiger partial charge in [-0.25, -0.2) is 4.98 Å². The fourth-order valence-electron chi connectivity index (χ4n) is 3.70. The van der Waals surface area contributed by atoms with E-state index in [4.69, 9.17) is 0 Å². The largest absolute Gasteiger partial charge is 0.356 e. The summed E-state index contributed by atoms with van der Waals surface area (Å²) in [6, 6.07) is 10.3. The maximum atomic E-state index is 12.4. The van der Waals surface area contributed by atoms with Gasteiger partial charge in [-0.2, -0.15) is 11.8 Å². The number of benzene rings is 1. The number of carbonyl (C=O) groups is 1. The van der Waals surface area contributed by atoms with E-state index in [2.05, 4.69) is 27.4 Å². The van der Waals surface area contributed by atoms with E-state index in [-0.39, 0.29) is 11.5 Å². The molecule has 0 aliphatic heterocycles. The first-order chi connectivity index (χ1) is 14.2. The monoisotopic (exact) mass is 427 g/mol. The Kier molecular flexibility index (Phi) is 6.67. The summed E-state index contributed by atoms with van der Waals surface area (Å²) in [5, 5.41) is 3.78. The Hall–Kier alpha value is -2.12. The number of fused-ring (bicyclic) bond motifs is 3. The molecule has 0 saturated heterocycles. The van der Waals surface area contributed by atoms with Crippen LogP contribution in [-0.2, 0) is 29.8 Å². The van der Waals surface area contributed by atoms with Gasteiger partial charge in [-0.3, -0.25) is 9.59 Å². The van der Waals surface area contributed by atoms with Gasteiger partial charge < -0.3 is 10.3 Å². The average Bonchev–Trinajstić information content (AvgIpc) is 3.30. The van der Waals surface area contributed by atoms with Crippen molar-refractivity contribution in [3.8, 4) is 0 Å². The molecular weight excluding hydrogens is 402 g/mol. The number of carbonyl (C=O) groups excluding carboxylic acids is 1. The molecule has 0 spiro atoms. The van der Waals surface area contributed by atoms with Gasteiger partial charge in [-0.15, -0.1) is 11.3 Å². The highest BCUT2D eigenvalue weighted by atomic mass is 32.2. The second-order valence-electron chi connectivity index (χ2n) is 7.29. The lowest BCUT2D eigenvalue weighted by Crippen LogP contribution is -2.25. The third-order valence-corrected chi connectivity index (χ3v) is 7.30. The van der Waals surface area contributed by atoms with Crippen molar-refractivity contribution in [3.63, 3.8) is 0 Å². The Balaban J connectivity index is 1.18. The highest BCUT2D eigenvalue weighted by Crippen LogP contribution is 2.34. The lowest BCUT2D eigenvalue weighted by atomic mass is 10.1. The fourth-order valence-corrected chi connectivity index (χ4v) is 5.79. The molecule has 0 atom stereocenters. The van der Waals surface area contributed by atoms with E-state index in [1.165, 1.54) is 16.0 Å². The minimum absolute atomic E-state index is 0.0128. The van der Waals surface area contributed by atoms with Gasteiger partial charge in [0.05, 0.1) is 11.1 Å². The molecule has 1 aliphatic carbocycles. The number of aromatic amines is 1. The summed E-state index contributed by atoms with van der Waals surface area (Å²) in [5.74, 6) is 2.12. The van der Waals surface area contributed by atoms with Crippen molar-refractivity contribution in [2.45, 2.75) is 44.3 Å². The van der Waals surface area contributed by atoms with Gasteiger partial charge >= 0.3 is 0 Å². The van der Waals surface area contributed by atoms with Crippen molar-refractivity contribution in [3.05, 3.63) is 62.5 Å². The van der Waals surface area contributed by atoms with Crippen LogP contribution in [0.2, 0.25) is 0 Å². The van der Waals surface area contributed by atoms with Gasteiger partial charge in [0.15, 0.2) is 0 Å². The van der Waals surface area contributed by atoms with E-state index in [0.717, 1.165) is 42.3 Å². The summed E-state index contributed by atoms with van der Waals surface area (Å²) in [6.45, 7) is 0.701. The Morgan fingerprint density at radius 1 is 1.24 bits per heavy atom. The molecule has 1 aromatic carbocycles. The predicted molar refractivity (Wildman–Crippen MR) is 121 cm³/mol. The lowest BCUT2D eigenvalue weighted by molar-refractivity contribution is -0.120. The summed E-state index contributed by atoms with van der Waals surface area (Å²) >= 11 is 3.29. The molecule has 4 rings (SSSR count). The molecule has 1 aliphatic rings. The number of rotatable bonds is 9. The predicted octanol–water partition coefficient (Wildman–Crippen LogP) is 3.85. The van der Waals surface area contributed by atoms with E-state index in [1.54, 1.807) is 23.1 Å². The minimum atomic E-state index is -0.0128. The summed E-state index contributed by atoms with van der Waals surface area (Å²) in [7, 11) is 0. The van der Waals surface area contributed by atoms with Crippen LogP contribution in [0.25, 0.3) is 10.2 Å². The molecule has 0 bridgehead atoms. The summed E-state index contributed by atoms with van der Waals surface area (Å²) in [5.41, 5.74) is 2.50. The van der Waals surface area contributed by atoms with Crippen molar-refractivity contribution >= 4 is 39.2 Å². The van der Waals surface area contributed by atoms with Crippen LogP contribution in [-0.4, -0.2) is 28.2 Å². The Bertz CT molecular complexity index is 1040. The second-order valence-corrected chi connectivity index (χ2v) is 9.48. The number of nitrogens with zero attached hydrogens (tertiary/aromatic N) is 1. The number of hydrogen-bond donors (Lipinski definition) is 2. The molecule has 7 heteroatoms. The molecule has 0 radical (unpaired) electrons. The van der Waals surface area contributed by atoms with Gasteiger partial charge in [0.2, 0.25) is 5.91 Å². The van der Waals surface area contributed by atoms with Crippen LogP contribution in [0.1, 0.15) is 41.1 Å². The first kappa shape index (κ1) is 20.2. The maximum absolute atomic E-state index is 12.4. The Morgan fingerprint density at radius 3 is 2.97 bits per heavy atom. The smallest absolute Gasteiger partial charge is 0.259 e. The highest BCUT2D eigenvalue weighted by Gasteiger charge is 2.21. The molecule has 29 heavy (non-hydrogen) atoms. The molecule has 2 N–H and O–H groups in total. The van der Waals surface area contributed by atoms with Crippen molar-refractivity contribution < 1.29 is 4.79 Å². The lowest BCUT2D eigenvalue weighted by Gasteiger charge is -2.06. The summed E-state index contributed by atoms with van der Waals surface area (Å²) < 4.78 is 0. The van der Waals surface area contributed by atoms with E-state index in [1.807, 2.05) is 18.2 Å². The van der Waals surface area contributed by atoms with Crippen molar-refractivity contribution in [2.24, 2.45) is 0 Å². The first-order valence-corrected chi connectivity index (χ1v) is 12.1. The third-order valence-electron chi connectivity index (χ3n) is 5.14. The third kappa shape index (κ3) is 5.08. The standard InChI is InChI=1S/C22H25N3O2S2/c26-19(23-12-5-8-15-6-2-1-3-7-15)11-13-28-14-18-24-21(27)20-16-9-4-10-17(16)29-22(20)25-18/h1-3,6-7H,4-5,8-14H2,(H,23,26)(H,24,25,27). The first-order valence-electron chi connectivity index (χ1n) is 10.1. The van der Waals surface area contributed by atoms with Crippen molar-refractivity contribution in [2.75, 3.05) is 12.3 Å². The number of hydrogen-bond acceptors (Lipinski definition) is 5. The Labute approximate surface area is 178 Å². The number of aromatic nitrogens is 2. The molecule has 2 aromatic heterocycles. The quantitative estimate of drug-likeness (QED) is 0.509. The minimum Gasteiger partial charge on any atom is -0.356 e. The normalized spacial score (nSPS) is 13.0. The van der Waals surface area contributed by atoms with Crippen LogP contribution in [0.15, 0.2) is 35.1 Å². The highest BCUT2D eigenvalue weighted by molar-refractivity contribution is 7.98. The number of H-pyrrole nitrogens is 1. The van der Waals surface area contributed by atoms with E-state index < -0.39 is 0 Å². The molecule has 0 fully saturated rings. The molecule has 0 saturated carbocycles. The number of thiophene rings is 1. The molecule has 1 amide bonds. The van der Waals surface area contributed by atoms with E-state index in [9.17, 15) is 9.59 Å². The number of thioether (sulfide) groups is 1. The van der Waals surface area contributed by atoms with Gasteiger partial charge in [0, 0.05) is 23.6 Å². The molecule has 0 unspecified atom stereocenters. The fraction of sp³-hybridized carbons (Fsp3) is 0.409. The Morgan fingerprint density at radius 2 is 2.10 bits per heavy atom. The maximum Gasteiger partial charge on any atom is 0.259 e. The topological polar surface area (TPSA) is 74.8 Å². The summed E-state index contributed by atoms with van der Waals surface area (Å²) in [6.07, 6.45) is 5.61. The van der Waals surface area contributed by atoms with Gasteiger partial charge in [0.1, 0.15) is 10.7 Å². The van der Waals surface area contributed by atoms with Gasteiger partial charge in [0.25, 0.3) is 5.56 Å². The number of nitrogens with one attached hydrogen (secondary N) is 2. The molecular formula is C22H25N3O2S2. The zero-order valence-corrected chi connectivity index (χ0v) is 18.0. The molecule has 5 nitrogen and oxygen atoms in total. The second kappa shape index (κ2) is 9.59. The molecule has 152 valence electrons. The van der Waals surface area contributed by atoms with E-state index in [0.29, 0.717) is 30.3 Å². The zero-order valence-electron chi connectivity index (χ0n) is 16.3. The number of amides is 1. The van der Waals surface area contributed by atoms with Crippen LogP contribution in [0, 0.1) is 0 Å². The van der Waals surface area contributed by atoms with Crippen LogP contribution in [0.4, 0.5) is 0 Å². The van der Waals surface area contributed by atoms with Crippen molar-refractivity contribution in [1.82, 2.24) is 15.3 Å². The van der Waals surface area contributed by atoms with Crippen molar-refractivity contribution in [1.29, 1.82) is 0 Å². The number of aryl methyl sites for hydroxylation is 3. The van der Waals surface area contributed by atoms with E-state index >= 15 is 0 Å². The van der Waals surface area contributed by atoms with Gasteiger partial charge in [-0.1, -0.05) is 30.3 Å². The van der Waals surface area contributed by atoms with Crippen LogP contribution in [0.3, 0.4) is 0 Å². The van der Waals surface area contributed by atoms with Gasteiger partial charge in [-0.05, 0) is 43.2 Å². The molecule has 2 heterocycles. The summed E-state index contributed by atoms with van der Waals surface area (Å²) in [4.78, 5) is 34.2. The van der Waals surface area contributed by atoms with Crippen LogP contribution in [0.5, 0.6) is 0 Å².